The van der Waals surface area contributed by atoms with Crippen LogP contribution in [-0.4, -0.2) is 14.5 Å². The van der Waals surface area contributed by atoms with E-state index in [-0.39, 0.29) is 0 Å². The van der Waals surface area contributed by atoms with Crippen molar-refractivity contribution in [2.24, 2.45) is 0 Å². The molecule has 6 heteroatoms. The van der Waals surface area contributed by atoms with Crippen LogP contribution in [0.4, 0.5) is 0 Å². The van der Waals surface area contributed by atoms with Gasteiger partial charge in [0.1, 0.15) is 10.8 Å². The monoisotopic (exact) mass is 492 g/mol. The maximum Gasteiger partial charge on any atom is 0.123 e. The van der Waals surface area contributed by atoms with Gasteiger partial charge in [0.05, 0.1) is 5.69 Å². The molecule has 0 amide bonds. The first kappa shape index (κ1) is 20.6. The Morgan fingerprint density at radius 1 is 1.16 bits per heavy atom. The minimum Gasteiger partial charge on any atom is -0.331 e. The zero-order chi connectivity index (χ0) is 21.2. The molecule has 2 heterocycles. The fraction of sp³-hybridized carbons (Fsp3) is 0.280. The molecule has 1 unspecified atom stereocenters. The molecule has 0 saturated heterocycles. The minimum atomic E-state index is 0.380. The Morgan fingerprint density at radius 3 is 2.81 bits per heavy atom. The zero-order valence-electron chi connectivity index (χ0n) is 17.5. The molecule has 2 aromatic carbocycles. The molecule has 1 N–H and O–H groups in total. The van der Waals surface area contributed by atoms with E-state index in [1.54, 1.807) is 0 Å². The molecule has 1 aliphatic carbocycles. The van der Waals surface area contributed by atoms with Gasteiger partial charge in [-0.25, -0.2) is 9.97 Å². The molecule has 0 aliphatic heterocycles. The predicted molar refractivity (Wildman–Crippen MR) is 130 cm³/mol. The Balaban J connectivity index is 1.29. The maximum atomic E-state index is 4.97. The van der Waals surface area contributed by atoms with E-state index < -0.39 is 0 Å². The molecule has 4 aromatic rings. The van der Waals surface area contributed by atoms with Crippen LogP contribution < -0.4 is 5.32 Å². The summed E-state index contributed by atoms with van der Waals surface area (Å²) >= 11 is 5.37. The van der Waals surface area contributed by atoms with Crippen LogP contribution in [0.2, 0.25) is 0 Å². The van der Waals surface area contributed by atoms with Gasteiger partial charge in [-0.1, -0.05) is 52.3 Å². The van der Waals surface area contributed by atoms with Gasteiger partial charge in [0.2, 0.25) is 0 Å². The van der Waals surface area contributed by atoms with E-state index >= 15 is 0 Å². The van der Waals surface area contributed by atoms with Crippen LogP contribution in [0, 0.1) is 6.92 Å². The standard InChI is InChI=1S/C25H25BrN4S/c1-17-27-12-13-30(17)16-19-5-2-4-18(14-19)15-28-22-6-3-7-23-24(22)31-25(29-23)20-8-10-21(26)11-9-20/h2,4-5,8-14,22,28H,3,6-7,15-16H2,1H3. The molecule has 4 nitrogen and oxygen atoms in total. The second kappa shape index (κ2) is 9.07. The highest BCUT2D eigenvalue weighted by molar-refractivity contribution is 9.10. The van der Waals surface area contributed by atoms with Crippen molar-refractivity contribution in [3.05, 3.63) is 92.9 Å². The molecular weight excluding hydrogens is 468 g/mol. The number of thiazole rings is 1. The average molecular weight is 493 g/mol. The van der Waals surface area contributed by atoms with Gasteiger partial charge in [-0.05, 0) is 49.4 Å². The molecule has 1 aliphatic rings. The zero-order valence-corrected chi connectivity index (χ0v) is 19.9. The van der Waals surface area contributed by atoms with Crippen LogP contribution in [0.15, 0.2) is 65.4 Å². The van der Waals surface area contributed by atoms with Crippen molar-refractivity contribution in [1.82, 2.24) is 19.9 Å². The van der Waals surface area contributed by atoms with Gasteiger partial charge >= 0.3 is 0 Å². The Bertz CT molecular complexity index is 1180. The van der Waals surface area contributed by atoms with Crippen molar-refractivity contribution in [1.29, 1.82) is 0 Å². The number of nitrogens with one attached hydrogen (secondary N) is 1. The maximum absolute atomic E-state index is 4.97. The quantitative estimate of drug-likeness (QED) is 0.343. The van der Waals surface area contributed by atoms with Crippen molar-refractivity contribution in [3.63, 3.8) is 0 Å². The highest BCUT2D eigenvalue weighted by Gasteiger charge is 2.24. The summed E-state index contributed by atoms with van der Waals surface area (Å²) in [6, 6.07) is 17.7. The lowest BCUT2D eigenvalue weighted by Crippen LogP contribution is -2.23. The molecule has 0 bridgehead atoms. The first-order valence-corrected chi connectivity index (χ1v) is 12.3. The fourth-order valence-electron chi connectivity index (χ4n) is 4.18. The second-order valence-corrected chi connectivity index (χ2v) is 10.0. The lowest BCUT2D eigenvalue weighted by atomic mass is 9.97. The molecule has 0 radical (unpaired) electrons. The third kappa shape index (κ3) is 4.66. The summed E-state index contributed by atoms with van der Waals surface area (Å²) < 4.78 is 3.28. The molecule has 5 rings (SSSR count). The summed E-state index contributed by atoms with van der Waals surface area (Å²) in [5.41, 5.74) is 5.10. The van der Waals surface area contributed by atoms with Gasteiger partial charge in [-0.2, -0.15) is 0 Å². The molecule has 31 heavy (non-hydrogen) atoms. The van der Waals surface area contributed by atoms with Crippen LogP contribution in [0.5, 0.6) is 0 Å². The minimum absolute atomic E-state index is 0.380. The number of fused-ring (bicyclic) bond motifs is 1. The van der Waals surface area contributed by atoms with Crippen molar-refractivity contribution in [3.8, 4) is 10.6 Å². The molecule has 0 saturated carbocycles. The van der Waals surface area contributed by atoms with Crippen molar-refractivity contribution < 1.29 is 0 Å². The SMILES string of the molecule is Cc1nccn1Cc1cccc(CNC2CCCc3nc(-c4ccc(Br)cc4)sc32)c1. The van der Waals surface area contributed by atoms with E-state index in [1.807, 2.05) is 30.7 Å². The largest absolute Gasteiger partial charge is 0.331 e. The molecule has 2 aromatic heterocycles. The molecule has 158 valence electrons. The summed E-state index contributed by atoms with van der Waals surface area (Å²) in [4.78, 5) is 10.7. The third-order valence-electron chi connectivity index (χ3n) is 5.86. The first-order chi connectivity index (χ1) is 15.2. The van der Waals surface area contributed by atoms with Gasteiger partial charge in [0.15, 0.2) is 0 Å². The predicted octanol–water partition coefficient (Wildman–Crippen LogP) is 6.29. The second-order valence-electron chi connectivity index (χ2n) is 8.08. The Kier molecular flexibility index (Phi) is 6.03. The lowest BCUT2D eigenvalue weighted by Gasteiger charge is -2.22. The van der Waals surface area contributed by atoms with E-state index in [2.05, 4.69) is 79.3 Å². The highest BCUT2D eigenvalue weighted by Crippen LogP contribution is 2.38. The lowest BCUT2D eigenvalue weighted by molar-refractivity contribution is 0.463. The summed E-state index contributed by atoms with van der Waals surface area (Å²) in [5, 5.41) is 4.94. The number of hydrogen-bond acceptors (Lipinski definition) is 4. The van der Waals surface area contributed by atoms with Crippen LogP contribution >= 0.6 is 27.3 Å². The Hall–Kier alpha value is -2.28. The number of imidazole rings is 1. The van der Waals surface area contributed by atoms with E-state index in [0.717, 1.165) is 34.8 Å². The van der Waals surface area contributed by atoms with Crippen LogP contribution in [0.25, 0.3) is 10.6 Å². The number of benzene rings is 2. The van der Waals surface area contributed by atoms with Gasteiger partial charge in [-0.15, -0.1) is 11.3 Å². The normalized spacial score (nSPS) is 15.7. The summed E-state index contributed by atoms with van der Waals surface area (Å²) in [7, 11) is 0. The van der Waals surface area contributed by atoms with E-state index in [0.29, 0.717) is 6.04 Å². The topological polar surface area (TPSA) is 42.7 Å². The molecular formula is C25H25BrN4S. The molecule has 1 atom stereocenters. The number of aryl methyl sites for hydroxylation is 2. The van der Waals surface area contributed by atoms with Crippen molar-refractivity contribution in [2.75, 3.05) is 0 Å². The number of nitrogens with zero attached hydrogens (tertiary/aromatic N) is 3. The first-order valence-electron chi connectivity index (χ1n) is 10.7. The summed E-state index contributed by atoms with van der Waals surface area (Å²) in [5.74, 6) is 1.05. The number of aromatic nitrogens is 3. The fourth-order valence-corrected chi connectivity index (χ4v) is 5.67. The van der Waals surface area contributed by atoms with Crippen LogP contribution in [0.3, 0.4) is 0 Å². The van der Waals surface area contributed by atoms with Gasteiger partial charge < -0.3 is 9.88 Å². The number of halogens is 1. The third-order valence-corrected chi connectivity index (χ3v) is 7.65. The number of hydrogen-bond donors (Lipinski definition) is 1. The summed E-state index contributed by atoms with van der Waals surface area (Å²) in [6.07, 6.45) is 7.34. The average Bonchev–Trinajstić information content (AvgIpc) is 3.39. The van der Waals surface area contributed by atoms with Crippen LogP contribution in [0.1, 0.15) is 46.4 Å². The van der Waals surface area contributed by atoms with Crippen molar-refractivity contribution >= 4 is 27.3 Å². The van der Waals surface area contributed by atoms with Crippen LogP contribution in [-0.2, 0) is 19.5 Å². The van der Waals surface area contributed by atoms with Gasteiger partial charge in [0.25, 0.3) is 0 Å². The molecule has 0 fully saturated rings. The van der Waals surface area contributed by atoms with E-state index in [4.69, 9.17) is 4.98 Å². The van der Waals surface area contributed by atoms with Gasteiger partial charge in [-0.3, -0.25) is 0 Å². The highest BCUT2D eigenvalue weighted by atomic mass is 79.9. The van der Waals surface area contributed by atoms with E-state index in [9.17, 15) is 0 Å². The van der Waals surface area contributed by atoms with E-state index in [1.165, 1.54) is 40.1 Å². The Labute approximate surface area is 195 Å². The number of rotatable bonds is 6. The molecule has 0 spiro atoms. The van der Waals surface area contributed by atoms with Crippen molar-refractivity contribution in [2.45, 2.75) is 45.3 Å². The smallest absolute Gasteiger partial charge is 0.123 e. The Morgan fingerprint density at radius 2 is 2.00 bits per heavy atom. The summed E-state index contributed by atoms with van der Waals surface area (Å²) in [6.45, 7) is 3.77. The van der Waals surface area contributed by atoms with Gasteiger partial charge in [0, 0.05) is 46.4 Å².